The van der Waals surface area contributed by atoms with Crippen LogP contribution in [0.4, 0.5) is 35.5 Å². The molecule has 0 aliphatic rings. The molecule has 1 aromatic heterocycles. The summed E-state index contributed by atoms with van der Waals surface area (Å²) in [6.07, 6.45) is -10.8. The van der Waals surface area contributed by atoms with Crippen LogP contribution in [0.5, 0.6) is 5.88 Å². The number of pyridine rings is 1. The Balaban J connectivity index is 1.85. The topological polar surface area (TPSA) is 42.4 Å². The number of alkyl halides is 6. The minimum Gasteiger partial charge on any atom is -0.391 e. The lowest BCUT2D eigenvalue weighted by Crippen LogP contribution is -2.35. The fraction of sp³-hybridized carbons (Fsp3) is 0.333. The van der Waals surface area contributed by atoms with Gasteiger partial charge in [0.1, 0.15) is 11.0 Å². The number of carbonyl (C=O) groups excluding carboxylic acids is 1. The Hall–Kier alpha value is -3.34. The number of carbonyl (C=O) groups is 1. The van der Waals surface area contributed by atoms with Crippen molar-refractivity contribution in [2.45, 2.75) is 51.5 Å². The summed E-state index contributed by atoms with van der Waals surface area (Å²) in [6.45, 7) is 5.84. The molecule has 0 atom stereocenters. The summed E-state index contributed by atoms with van der Waals surface area (Å²) < 4.78 is 97.2. The molecule has 12 heteroatoms. The van der Waals surface area contributed by atoms with Crippen molar-refractivity contribution in [1.29, 1.82) is 0 Å². The van der Waals surface area contributed by atoms with Gasteiger partial charge in [-0.15, -0.1) is 0 Å². The first-order valence-corrected chi connectivity index (χ1v) is 12.0. The molecule has 39 heavy (non-hydrogen) atoms. The van der Waals surface area contributed by atoms with Crippen LogP contribution >= 0.6 is 11.6 Å². The second-order valence-corrected chi connectivity index (χ2v) is 10.2. The third-order valence-electron chi connectivity index (χ3n) is 5.75. The van der Waals surface area contributed by atoms with E-state index in [0.29, 0.717) is 23.8 Å². The average molecular weight is 577 g/mol. The summed E-state index contributed by atoms with van der Waals surface area (Å²) in [7, 11) is 0. The molecule has 0 aliphatic carbocycles. The highest BCUT2D eigenvalue weighted by atomic mass is 35.5. The van der Waals surface area contributed by atoms with Crippen molar-refractivity contribution in [3.8, 4) is 5.88 Å². The van der Waals surface area contributed by atoms with Crippen molar-refractivity contribution < 1.29 is 40.3 Å². The van der Waals surface area contributed by atoms with Crippen molar-refractivity contribution in [3.05, 3.63) is 93.4 Å². The second-order valence-electron chi connectivity index (χ2n) is 9.81. The molecule has 2 aromatic carbocycles. The lowest BCUT2D eigenvalue weighted by atomic mass is 9.87. The Morgan fingerprint density at radius 1 is 0.872 bits per heavy atom. The van der Waals surface area contributed by atoms with Crippen LogP contribution in [0.3, 0.4) is 0 Å². The van der Waals surface area contributed by atoms with Crippen LogP contribution < -0.4 is 4.74 Å². The van der Waals surface area contributed by atoms with Gasteiger partial charge >= 0.3 is 18.4 Å². The van der Waals surface area contributed by atoms with Gasteiger partial charge in [-0.1, -0.05) is 62.7 Å². The number of hydrogen-bond acceptors (Lipinski definition) is 3. The zero-order chi connectivity index (χ0) is 29.2. The van der Waals surface area contributed by atoms with Crippen LogP contribution in [0, 0.1) is 5.82 Å². The molecule has 0 saturated heterocycles. The van der Waals surface area contributed by atoms with E-state index in [1.807, 2.05) is 32.9 Å². The number of aromatic nitrogens is 1. The Kier molecular flexibility index (Phi) is 8.84. The highest BCUT2D eigenvalue weighted by molar-refractivity contribution is 6.29. The summed E-state index contributed by atoms with van der Waals surface area (Å²) in [5.74, 6) is -2.15. The fourth-order valence-electron chi connectivity index (χ4n) is 3.62. The highest BCUT2D eigenvalue weighted by Gasteiger charge is 2.34. The molecule has 0 radical (unpaired) electrons. The van der Waals surface area contributed by atoms with E-state index in [-0.39, 0.29) is 30.5 Å². The van der Waals surface area contributed by atoms with Crippen LogP contribution in [-0.4, -0.2) is 22.5 Å². The Morgan fingerprint density at radius 3 is 2.03 bits per heavy atom. The molecule has 0 N–H and O–H groups in total. The highest BCUT2D eigenvalue weighted by Crippen LogP contribution is 2.33. The van der Waals surface area contributed by atoms with Crippen molar-refractivity contribution in [3.63, 3.8) is 0 Å². The van der Waals surface area contributed by atoms with E-state index in [2.05, 4.69) is 4.98 Å². The molecule has 0 aliphatic heterocycles. The van der Waals surface area contributed by atoms with Gasteiger partial charge in [0.05, 0.1) is 11.1 Å². The third-order valence-corrected chi connectivity index (χ3v) is 5.94. The number of amides is 1. The quantitative estimate of drug-likeness (QED) is 0.218. The number of rotatable bonds is 6. The zero-order valence-corrected chi connectivity index (χ0v) is 21.8. The first-order valence-electron chi connectivity index (χ1n) is 11.6. The van der Waals surface area contributed by atoms with Crippen molar-refractivity contribution in [2.75, 3.05) is 6.54 Å². The van der Waals surface area contributed by atoms with E-state index in [4.69, 9.17) is 16.3 Å². The van der Waals surface area contributed by atoms with Crippen LogP contribution in [-0.2, 0) is 30.7 Å². The van der Waals surface area contributed by atoms with Gasteiger partial charge in [0.2, 0.25) is 5.88 Å². The predicted molar refractivity (Wildman–Crippen MR) is 131 cm³/mol. The monoisotopic (exact) mass is 576 g/mol. The van der Waals surface area contributed by atoms with Gasteiger partial charge in [-0.3, -0.25) is 0 Å². The maximum Gasteiger partial charge on any atom is 0.419 e. The summed E-state index contributed by atoms with van der Waals surface area (Å²) in [6, 6.07) is 10.7. The van der Waals surface area contributed by atoms with E-state index in [1.165, 1.54) is 0 Å². The molecule has 3 rings (SSSR count). The molecule has 0 spiro atoms. The molecule has 0 saturated carbocycles. The maximum absolute atomic E-state index is 14.0. The number of benzene rings is 2. The summed E-state index contributed by atoms with van der Waals surface area (Å²) in [5.41, 5.74) is -0.902. The standard InChI is InChI=1S/C27H24ClF7N2O2/c1-25(2,3)18-7-4-17(5-8-18)15-37(11-10-16-6-9-20(21(29)12-16)27(33,34)35)24(38)39-23-14-19(26(30,31)32)13-22(28)36-23/h4-9,12-14H,10-11,15H2,1-3H3. The normalized spacial score (nSPS) is 12.4. The summed E-state index contributed by atoms with van der Waals surface area (Å²) >= 11 is 5.67. The van der Waals surface area contributed by atoms with Crippen LogP contribution in [0.1, 0.15) is 48.6 Å². The first-order chi connectivity index (χ1) is 17.9. The smallest absolute Gasteiger partial charge is 0.391 e. The van der Waals surface area contributed by atoms with Gasteiger partial charge in [0, 0.05) is 19.2 Å². The van der Waals surface area contributed by atoms with Gasteiger partial charge in [-0.25, -0.2) is 14.2 Å². The van der Waals surface area contributed by atoms with Gasteiger partial charge in [-0.05, 0) is 46.7 Å². The van der Waals surface area contributed by atoms with E-state index >= 15 is 0 Å². The molecule has 0 fully saturated rings. The SMILES string of the molecule is CC(C)(C)c1ccc(CN(CCc2ccc(C(F)(F)F)c(F)c2)C(=O)Oc2cc(C(F)(F)F)cc(Cl)n2)cc1. The molecule has 4 nitrogen and oxygen atoms in total. The molecule has 3 aromatic rings. The largest absolute Gasteiger partial charge is 0.419 e. The lowest BCUT2D eigenvalue weighted by molar-refractivity contribution is -0.140. The Bertz CT molecular complexity index is 1320. The molecule has 0 bridgehead atoms. The van der Waals surface area contributed by atoms with E-state index in [0.717, 1.165) is 22.6 Å². The Labute approximate surface area is 225 Å². The van der Waals surface area contributed by atoms with Crippen LogP contribution in [0.2, 0.25) is 5.15 Å². The molecule has 1 amide bonds. The van der Waals surface area contributed by atoms with Gasteiger partial charge < -0.3 is 9.64 Å². The van der Waals surface area contributed by atoms with E-state index in [9.17, 15) is 35.5 Å². The fourth-order valence-corrected chi connectivity index (χ4v) is 3.82. The lowest BCUT2D eigenvalue weighted by Gasteiger charge is -2.23. The zero-order valence-electron chi connectivity index (χ0n) is 21.1. The third kappa shape index (κ3) is 8.32. The number of ether oxygens (including phenoxy) is 1. The Morgan fingerprint density at radius 2 is 1.49 bits per heavy atom. The minimum absolute atomic E-state index is 0.0565. The molecule has 210 valence electrons. The number of halogens is 8. The predicted octanol–water partition coefficient (Wildman–Crippen LogP) is 8.45. The minimum atomic E-state index is -4.86. The van der Waals surface area contributed by atoms with Crippen molar-refractivity contribution in [2.24, 2.45) is 0 Å². The van der Waals surface area contributed by atoms with Crippen LogP contribution in [0.25, 0.3) is 0 Å². The van der Waals surface area contributed by atoms with Crippen molar-refractivity contribution >= 4 is 17.7 Å². The summed E-state index contributed by atoms with van der Waals surface area (Å²) in [4.78, 5) is 17.7. The van der Waals surface area contributed by atoms with Gasteiger partial charge in [-0.2, -0.15) is 26.3 Å². The molecular formula is C27H24ClF7N2O2. The molecule has 0 unspecified atom stereocenters. The van der Waals surface area contributed by atoms with Crippen LogP contribution in [0.15, 0.2) is 54.6 Å². The molecule has 1 heterocycles. The van der Waals surface area contributed by atoms with Gasteiger partial charge in [0.25, 0.3) is 0 Å². The first kappa shape index (κ1) is 30.2. The van der Waals surface area contributed by atoms with E-state index < -0.39 is 46.4 Å². The van der Waals surface area contributed by atoms with Gasteiger partial charge in [0.15, 0.2) is 0 Å². The molecular weight excluding hydrogens is 553 g/mol. The number of hydrogen-bond donors (Lipinski definition) is 0. The number of nitrogens with zero attached hydrogens (tertiary/aromatic N) is 2. The average Bonchev–Trinajstić information content (AvgIpc) is 2.79. The maximum atomic E-state index is 14.0. The second kappa shape index (κ2) is 11.4. The summed E-state index contributed by atoms with van der Waals surface area (Å²) in [5, 5.41) is -0.544. The van der Waals surface area contributed by atoms with Crippen molar-refractivity contribution in [1.82, 2.24) is 9.88 Å². The van der Waals surface area contributed by atoms with E-state index in [1.54, 1.807) is 12.1 Å².